The number of anilines is 1. The van der Waals surface area contributed by atoms with Gasteiger partial charge in [-0.2, -0.15) is 0 Å². The molecule has 0 saturated carbocycles. The molecule has 6 nitrogen and oxygen atoms in total. The van der Waals surface area contributed by atoms with Gasteiger partial charge in [-0.25, -0.2) is 0 Å². The van der Waals surface area contributed by atoms with Crippen molar-refractivity contribution in [1.82, 2.24) is 10.2 Å². The summed E-state index contributed by atoms with van der Waals surface area (Å²) in [5.74, 6) is 0.0533. The van der Waals surface area contributed by atoms with Crippen LogP contribution in [0.25, 0.3) is 0 Å². The van der Waals surface area contributed by atoms with Crippen molar-refractivity contribution in [3.05, 3.63) is 12.1 Å². The van der Waals surface area contributed by atoms with Crippen molar-refractivity contribution in [3.63, 3.8) is 0 Å². The minimum atomic E-state index is -0.401. The predicted octanol–water partition coefficient (Wildman–Crippen LogP) is 0.403. The summed E-state index contributed by atoms with van der Waals surface area (Å²) in [5, 5.41) is 9.77. The summed E-state index contributed by atoms with van der Waals surface area (Å²) in [4.78, 5) is 21.8. The molecule has 0 radical (unpaired) electrons. The van der Waals surface area contributed by atoms with Gasteiger partial charge in [-0.1, -0.05) is 0 Å². The fourth-order valence-electron chi connectivity index (χ4n) is 0.909. The SMILES string of the molecule is COc1ccc(NC(=O)CC(C)=O)nn1. The van der Waals surface area contributed by atoms with Crippen LogP contribution < -0.4 is 10.1 Å². The molecule has 1 heterocycles. The summed E-state index contributed by atoms with van der Waals surface area (Å²) in [7, 11) is 1.47. The van der Waals surface area contributed by atoms with Gasteiger partial charge in [-0.15, -0.1) is 10.2 Å². The lowest BCUT2D eigenvalue weighted by Gasteiger charge is -2.02. The summed E-state index contributed by atoms with van der Waals surface area (Å²) in [6.07, 6.45) is -0.159. The third kappa shape index (κ3) is 3.72. The molecule has 0 aromatic carbocycles. The van der Waals surface area contributed by atoms with Gasteiger partial charge in [-0.3, -0.25) is 9.59 Å². The molecule has 0 fully saturated rings. The highest BCUT2D eigenvalue weighted by Crippen LogP contribution is 2.07. The van der Waals surface area contributed by atoms with Crippen molar-refractivity contribution < 1.29 is 14.3 Å². The minimum absolute atomic E-state index is 0.159. The van der Waals surface area contributed by atoms with Crippen LogP contribution in [0.1, 0.15) is 13.3 Å². The Labute approximate surface area is 86.7 Å². The van der Waals surface area contributed by atoms with Crippen LogP contribution >= 0.6 is 0 Å². The number of amides is 1. The maximum atomic E-state index is 11.1. The van der Waals surface area contributed by atoms with Crippen molar-refractivity contribution in [1.29, 1.82) is 0 Å². The Balaban J connectivity index is 2.57. The molecule has 0 saturated heterocycles. The van der Waals surface area contributed by atoms with Crippen molar-refractivity contribution in [2.24, 2.45) is 0 Å². The first-order chi connectivity index (χ1) is 7.11. The standard InChI is InChI=1S/C9H11N3O3/c1-6(13)5-8(14)10-7-3-4-9(15-2)12-11-7/h3-4H,5H2,1-2H3,(H,10,11,14). The van der Waals surface area contributed by atoms with Crippen LogP contribution in [0.2, 0.25) is 0 Å². The molecule has 6 heteroatoms. The van der Waals surface area contributed by atoms with Gasteiger partial charge >= 0.3 is 0 Å². The van der Waals surface area contributed by atoms with Gasteiger partial charge in [0.15, 0.2) is 5.82 Å². The number of hydrogen-bond donors (Lipinski definition) is 1. The molecule has 1 aromatic heterocycles. The third-order valence-electron chi connectivity index (χ3n) is 1.53. The number of carbonyl (C=O) groups excluding carboxylic acids is 2. The second kappa shape index (κ2) is 5.04. The van der Waals surface area contributed by atoms with E-state index >= 15 is 0 Å². The van der Waals surface area contributed by atoms with E-state index in [0.29, 0.717) is 11.7 Å². The van der Waals surface area contributed by atoms with E-state index in [9.17, 15) is 9.59 Å². The van der Waals surface area contributed by atoms with Gasteiger partial charge in [0.1, 0.15) is 5.78 Å². The molecule has 0 bridgehead atoms. The molecule has 0 spiro atoms. The Morgan fingerprint density at radius 1 is 1.40 bits per heavy atom. The van der Waals surface area contributed by atoms with Gasteiger partial charge in [0.25, 0.3) is 0 Å². The maximum absolute atomic E-state index is 11.1. The van der Waals surface area contributed by atoms with Crippen molar-refractivity contribution >= 4 is 17.5 Å². The van der Waals surface area contributed by atoms with E-state index in [1.807, 2.05) is 0 Å². The lowest BCUT2D eigenvalue weighted by Crippen LogP contribution is -2.15. The van der Waals surface area contributed by atoms with Gasteiger partial charge in [0.05, 0.1) is 13.5 Å². The highest BCUT2D eigenvalue weighted by atomic mass is 16.5. The van der Waals surface area contributed by atoms with Gasteiger partial charge in [0.2, 0.25) is 11.8 Å². The Bertz CT molecular complexity index is 361. The van der Waals surface area contributed by atoms with E-state index in [0.717, 1.165) is 0 Å². The van der Waals surface area contributed by atoms with Gasteiger partial charge in [0, 0.05) is 6.07 Å². The molecular weight excluding hydrogens is 198 g/mol. The molecule has 0 aliphatic heterocycles. The number of nitrogens with one attached hydrogen (secondary N) is 1. The van der Waals surface area contributed by atoms with E-state index in [2.05, 4.69) is 15.5 Å². The molecule has 1 rings (SSSR count). The molecule has 1 aromatic rings. The molecule has 15 heavy (non-hydrogen) atoms. The lowest BCUT2D eigenvalue weighted by molar-refractivity contribution is -0.124. The molecular formula is C9H11N3O3. The molecule has 0 aliphatic carbocycles. The summed E-state index contributed by atoms with van der Waals surface area (Å²) in [5.41, 5.74) is 0. The smallest absolute Gasteiger partial charge is 0.233 e. The van der Waals surface area contributed by atoms with Crippen LogP contribution in [0.5, 0.6) is 5.88 Å². The van der Waals surface area contributed by atoms with Gasteiger partial charge < -0.3 is 10.1 Å². The van der Waals surface area contributed by atoms with Crippen LogP contribution in [0.3, 0.4) is 0 Å². The highest BCUT2D eigenvalue weighted by molar-refractivity contribution is 6.03. The third-order valence-corrected chi connectivity index (χ3v) is 1.53. The zero-order valence-electron chi connectivity index (χ0n) is 8.48. The Morgan fingerprint density at radius 3 is 2.60 bits per heavy atom. The van der Waals surface area contributed by atoms with E-state index in [4.69, 9.17) is 4.74 Å². The van der Waals surface area contributed by atoms with E-state index in [1.165, 1.54) is 14.0 Å². The fourth-order valence-corrected chi connectivity index (χ4v) is 0.909. The van der Waals surface area contributed by atoms with Crippen molar-refractivity contribution in [3.8, 4) is 5.88 Å². The lowest BCUT2D eigenvalue weighted by atomic mass is 10.3. The van der Waals surface area contributed by atoms with Crippen LogP contribution in [0, 0.1) is 0 Å². The first-order valence-corrected chi connectivity index (χ1v) is 4.29. The first-order valence-electron chi connectivity index (χ1n) is 4.29. The second-order valence-electron chi connectivity index (χ2n) is 2.89. The molecule has 80 valence electrons. The van der Waals surface area contributed by atoms with Crippen LogP contribution in [-0.4, -0.2) is 29.0 Å². The summed E-state index contributed by atoms with van der Waals surface area (Å²) < 4.78 is 4.80. The van der Waals surface area contributed by atoms with Gasteiger partial charge in [-0.05, 0) is 13.0 Å². The monoisotopic (exact) mass is 209 g/mol. The molecule has 0 unspecified atom stereocenters. The average Bonchev–Trinajstić information content (AvgIpc) is 2.17. The van der Waals surface area contributed by atoms with Crippen LogP contribution in [0.15, 0.2) is 12.1 Å². The largest absolute Gasteiger partial charge is 0.480 e. The number of hydrogen-bond acceptors (Lipinski definition) is 5. The number of aromatic nitrogens is 2. The Morgan fingerprint density at radius 2 is 2.13 bits per heavy atom. The number of Topliss-reactive ketones (excluding diaryl/α,β-unsaturated/α-hetero) is 1. The zero-order chi connectivity index (χ0) is 11.3. The van der Waals surface area contributed by atoms with Crippen LogP contribution in [-0.2, 0) is 9.59 Å². The van der Waals surface area contributed by atoms with E-state index in [-0.39, 0.29) is 12.2 Å². The van der Waals surface area contributed by atoms with E-state index in [1.54, 1.807) is 12.1 Å². The summed E-state index contributed by atoms with van der Waals surface area (Å²) in [6, 6.07) is 3.11. The number of methoxy groups -OCH3 is 1. The number of rotatable bonds is 4. The molecule has 1 amide bonds. The summed E-state index contributed by atoms with van der Waals surface area (Å²) >= 11 is 0. The fraction of sp³-hybridized carbons (Fsp3) is 0.333. The topological polar surface area (TPSA) is 81.2 Å². The van der Waals surface area contributed by atoms with Crippen molar-refractivity contribution in [2.45, 2.75) is 13.3 Å². The number of nitrogens with zero attached hydrogens (tertiary/aromatic N) is 2. The molecule has 0 aliphatic rings. The Kier molecular flexibility index (Phi) is 3.73. The van der Waals surface area contributed by atoms with E-state index < -0.39 is 5.91 Å². The van der Waals surface area contributed by atoms with Crippen LogP contribution in [0.4, 0.5) is 5.82 Å². The zero-order valence-corrected chi connectivity index (χ0v) is 8.48. The molecule has 0 atom stereocenters. The predicted molar refractivity (Wildman–Crippen MR) is 52.5 cm³/mol. The Hall–Kier alpha value is -1.98. The number of ether oxygens (including phenoxy) is 1. The minimum Gasteiger partial charge on any atom is -0.480 e. The summed E-state index contributed by atoms with van der Waals surface area (Å²) in [6.45, 7) is 1.35. The molecule has 1 N–H and O–H groups in total. The quantitative estimate of drug-likeness (QED) is 0.726. The number of carbonyl (C=O) groups is 2. The normalized spacial score (nSPS) is 9.47. The maximum Gasteiger partial charge on any atom is 0.233 e. The highest BCUT2D eigenvalue weighted by Gasteiger charge is 2.06. The second-order valence-corrected chi connectivity index (χ2v) is 2.89. The first kappa shape index (κ1) is 11.1. The number of ketones is 1. The van der Waals surface area contributed by atoms with Crippen molar-refractivity contribution in [2.75, 3.05) is 12.4 Å². The average molecular weight is 209 g/mol.